The third-order valence-electron chi connectivity index (χ3n) is 6.90. The number of piperidine rings is 1. The maximum atomic E-state index is 13.7. The van der Waals surface area contributed by atoms with Crippen LogP contribution in [0, 0.1) is 19.8 Å². The lowest BCUT2D eigenvalue weighted by molar-refractivity contribution is -0.137. The van der Waals surface area contributed by atoms with Gasteiger partial charge in [0.1, 0.15) is 11.4 Å². The molecule has 3 heterocycles. The zero-order chi connectivity index (χ0) is 26.3. The van der Waals surface area contributed by atoms with E-state index in [0.29, 0.717) is 43.9 Å². The highest BCUT2D eigenvalue weighted by molar-refractivity contribution is 7.89. The van der Waals surface area contributed by atoms with Gasteiger partial charge in [-0.3, -0.25) is 14.3 Å². The van der Waals surface area contributed by atoms with Gasteiger partial charge < -0.3 is 10.2 Å². The van der Waals surface area contributed by atoms with Gasteiger partial charge in [-0.05, 0) is 65.0 Å². The Morgan fingerprint density at radius 3 is 2.50 bits per heavy atom. The van der Waals surface area contributed by atoms with Crippen LogP contribution in [0.25, 0.3) is 0 Å². The van der Waals surface area contributed by atoms with Gasteiger partial charge in [0.2, 0.25) is 21.8 Å². The highest BCUT2D eigenvalue weighted by Crippen LogP contribution is 2.30. The molecule has 0 saturated carbocycles. The summed E-state index contributed by atoms with van der Waals surface area (Å²) in [6, 6.07) is 8.16. The second-order valence-corrected chi connectivity index (χ2v) is 12.8. The number of hydrogen-bond donors (Lipinski definition) is 1. The predicted molar refractivity (Wildman–Crippen MR) is 137 cm³/mol. The number of fused-ring (bicyclic) bond motifs is 1. The number of carbonyl (C=O) groups is 2. The zero-order valence-electron chi connectivity index (χ0n) is 21.9. The number of nitrogens with zero attached hydrogens (tertiary/aromatic N) is 4. The molecule has 2 amide bonds. The van der Waals surface area contributed by atoms with E-state index in [9.17, 15) is 18.0 Å². The lowest BCUT2D eigenvalue weighted by Crippen LogP contribution is -2.47. The number of sulfonamides is 1. The van der Waals surface area contributed by atoms with Gasteiger partial charge >= 0.3 is 0 Å². The molecule has 2 aliphatic heterocycles. The lowest BCUT2D eigenvalue weighted by atomic mass is 9.95. The molecule has 2 aliphatic rings. The number of rotatable bonds is 5. The molecule has 9 nitrogen and oxygen atoms in total. The van der Waals surface area contributed by atoms with Crippen molar-refractivity contribution in [3.05, 3.63) is 46.8 Å². The summed E-state index contributed by atoms with van der Waals surface area (Å²) in [6.07, 6.45) is 2.12. The first-order chi connectivity index (χ1) is 16.9. The minimum atomic E-state index is -3.87. The summed E-state index contributed by atoms with van der Waals surface area (Å²) in [7, 11) is -3.87. The largest absolute Gasteiger partial charge is 0.350 e. The molecular formula is C26H37N5O4S. The van der Waals surface area contributed by atoms with Crippen LogP contribution in [0.5, 0.6) is 0 Å². The minimum absolute atomic E-state index is 0.0207. The van der Waals surface area contributed by atoms with Gasteiger partial charge in [0.15, 0.2) is 0 Å². The van der Waals surface area contributed by atoms with E-state index in [1.54, 1.807) is 13.8 Å². The maximum Gasteiger partial charge on any atom is 0.246 e. The van der Waals surface area contributed by atoms with Crippen molar-refractivity contribution in [2.24, 2.45) is 5.92 Å². The van der Waals surface area contributed by atoms with E-state index >= 15 is 0 Å². The van der Waals surface area contributed by atoms with Crippen molar-refractivity contribution in [3.8, 4) is 0 Å². The van der Waals surface area contributed by atoms with Gasteiger partial charge in [-0.1, -0.05) is 24.3 Å². The minimum Gasteiger partial charge on any atom is -0.350 e. The average molecular weight is 516 g/mol. The van der Waals surface area contributed by atoms with Crippen molar-refractivity contribution in [2.75, 3.05) is 19.6 Å². The Morgan fingerprint density at radius 2 is 1.81 bits per heavy atom. The van der Waals surface area contributed by atoms with Crippen molar-refractivity contribution in [1.29, 1.82) is 0 Å². The van der Waals surface area contributed by atoms with E-state index in [0.717, 1.165) is 12.0 Å². The van der Waals surface area contributed by atoms with Crippen molar-refractivity contribution in [3.63, 3.8) is 0 Å². The fourth-order valence-corrected chi connectivity index (χ4v) is 7.13. The molecule has 0 radical (unpaired) electrons. The van der Waals surface area contributed by atoms with Crippen molar-refractivity contribution < 1.29 is 18.0 Å². The first kappa shape index (κ1) is 26.3. The molecule has 10 heteroatoms. The number of hydrogen-bond acceptors (Lipinski definition) is 5. The molecule has 0 unspecified atom stereocenters. The highest BCUT2D eigenvalue weighted by atomic mass is 32.2. The molecule has 1 N–H and O–H groups in total. The zero-order valence-corrected chi connectivity index (χ0v) is 22.7. The maximum absolute atomic E-state index is 13.7. The highest BCUT2D eigenvalue weighted by Gasteiger charge is 2.38. The van der Waals surface area contributed by atoms with Crippen molar-refractivity contribution in [2.45, 2.75) is 77.4 Å². The number of amides is 2. The quantitative estimate of drug-likeness (QED) is 0.659. The topological polar surface area (TPSA) is 105 Å². The normalized spacial score (nSPS) is 19.1. The summed E-state index contributed by atoms with van der Waals surface area (Å²) >= 11 is 0. The SMILES string of the molecule is Cc1nn(CC(=O)NC(C)(C)C)c(C)c1S(=O)(=O)N1CCC[C@@H](C(=O)N2CCc3ccccc3C2)C1. The smallest absolute Gasteiger partial charge is 0.246 e. The van der Waals surface area contributed by atoms with Crippen LogP contribution in [-0.4, -0.2) is 64.4 Å². The summed E-state index contributed by atoms with van der Waals surface area (Å²) in [5.74, 6) is -0.580. The molecule has 1 fully saturated rings. The van der Waals surface area contributed by atoms with Crippen LogP contribution in [0.2, 0.25) is 0 Å². The lowest BCUT2D eigenvalue weighted by Gasteiger charge is -2.36. The third-order valence-corrected chi connectivity index (χ3v) is 9.01. The molecule has 0 spiro atoms. The van der Waals surface area contributed by atoms with Crippen LogP contribution < -0.4 is 5.32 Å². The van der Waals surface area contributed by atoms with E-state index < -0.39 is 15.6 Å². The van der Waals surface area contributed by atoms with Crippen molar-refractivity contribution in [1.82, 2.24) is 24.3 Å². The number of benzene rings is 1. The summed E-state index contributed by atoms with van der Waals surface area (Å²) in [5, 5.41) is 7.24. The molecule has 36 heavy (non-hydrogen) atoms. The van der Waals surface area contributed by atoms with E-state index in [2.05, 4.69) is 22.5 Å². The standard InChI is InChI=1S/C26H37N5O4S/c1-18-24(19(2)31(28-18)17-23(32)27-26(3,4)5)36(34,35)30-13-8-11-22(16-30)25(33)29-14-12-20-9-6-7-10-21(20)15-29/h6-7,9-10,22H,8,11-17H2,1-5H3,(H,27,32)/t22-/m1/s1. The van der Waals surface area contributed by atoms with E-state index in [1.165, 1.54) is 14.6 Å². The molecule has 4 rings (SSSR count). The van der Waals surface area contributed by atoms with Gasteiger partial charge in [0.25, 0.3) is 0 Å². The first-order valence-corrected chi connectivity index (χ1v) is 14.0. The Hall–Kier alpha value is -2.72. The van der Waals surface area contributed by atoms with Crippen LogP contribution >= 0.6 is 0 Å². The second kappa shape index (κ2) is 9.97. The van der Waals surface area contributed by atoms with Crippen LogP contribution in [0.3, 0.4) is 0 Å². The molecular weight excluding hydrogens is 478 g/mol. The number of carbonyl (C=O) groups excluding carboxylic acids is 2. The summed E-state index contributed by atoms with van der Waals surface area (Å²) in [5.41, 5.74) is 2.82. The van der Waals surface area contributed by atoms with E-state index in [4.69, 9.17) is 0 Å². The van der Waals surface area contributed by atoms with Gasteiger partial charge in [-0.25, -0.2) is 8.42 Å². The Kier molecular flexibility index (Phi) is 7.30. The van der Waals surface area contributed by atoms with E-state index in [1.807, 2.05) is 37.8 Å². The van der Waals surface area contributed by atoms with Crippen molar-refractivity contribution >= 4 is 21.8 Å². The third kappa shape index (κ3) is 5.49. The predicted octanol–water partition coefficient (Wildman–Crippen LogP) is 2.40. The fourth-order valence-electron chi connectivity index (χ4n) is 5.23. The number of aromatic nitrogens is 2. The summed E-state index contributed by atoms with van der Waals surface area (Å²) in [4.78, 5) is 27.8. The van der Waals surface area contributed by atoms with Crippen LogP contribution in [0.4, 0.5) is 0 Å². The van der Waals surface area contributed by atoms with Gasteiger partial charge in [-0.2, -0.15) is 9.40 Å². The Labute approximate surface area is 213 Å². The monoisotopic (exact) mass is 515 g/mol. The molecule has 1 saturated heterocycles. The van der Waals surface area contributed by atoms with Crippen LogP contribution in [0.1, 0.15) is 56.1 Å². The molecule has 1 aromatic heterocycles. The van der Waals surface area contributed by atoms with Gasteiger partial charge in [0, 0.05) is 31.7 Å². The Morgan fingerprint density at radius 1 is 1.11 bits per heavy atom. The molecule has 0 bridgehead atoms. The average Bonchev–Trinajstić information content (AvgIpc) is 3.10. The van der Waals surface area contributed by atoms with Crippen LogP contribution in [-0.2, 0) is 39.1 Å². The van der Waals surface area contributed by atoms with Gasteiger partial charge in [-0.15, -0.1) is 0 Å². The van der Waals surface area contributed by atoms with Gasteiger partial charge in [0.05, 0.1) is 17.3 Å². The molecule has 196 valence electrons. The van der Waals surface area contributed by atoms with Crippen LogP contribution in [0.15, 0.2) is 29.2 Å². The summed E-state index contributed by atoms with van der Waals surface area (Å²) in [6.45, 7) is 10.7. The Bertz CT molecular complexity index is 1260. The number of aryl methyl sites for hydroxylation is 1. The molecule has 1 aromatic carbocycles. The summed E-state index contributed by atoms with van der Waals surface area (Å²) < 4.78 is 30.3. The number of nitrogens with one attached hydrogen (secondary N) is 1. The molecule has 0 aliphatic carbocycles. The molecule has 1 atom stereocenters. The fraction of sp³-hybridized carbons (Fsp3) is 0.577. The second-order valence-electron chi connectivity index (χ2n) is 10.9. The Balaban J connectivity index is 1.49. The van der Waals surface area contributed by atoms with E-state index in [-0.39, 0.29) is 35.7 Å². The first-order valence-electron chi connectivity index (χ1n) is 12.6. The molecule has 2 aromatic rings.